The Hall–Kier alpha value is -2.63. The van der Waals surface area contributed by atoms with E-state index in [4.69, 9.17) is 14.3 Å². The third-order valence-electron chi connectivity index (χ3n) is 6.71. The summed E-state index contributed by atoms with van der Waals surface area (Å²) < 4.78 is 12.1. The molecule has 2 aliphatic heterocycles. The number of nitrogens with zero attached hydrogens (tertiary/aromatic N) is 1. The highest BCUT2D eigenvalue weighted by Gasteiger charge is 2.46. The number of hydrogen-bond acceptors (Lipinski definition) is 4. The molecule has 2 aromatic rings. The molecule has 2 saturated heterocycles. The largest absolute Gasteiger partial charge is 0.441 e. The number of benzene rings is 2. The quantitative estimate of drug-likeness (QED) is 0.658. The number of hydrogen-bond donors (Lipinski definition) is 0. The Labute approximate surface area is 183 Å². The van der Waals surface area contributed by atoms with E-state index >= 15 is 0 Å². The smallest absolute Gasteiger partial charge is 0.434 e. The fraction of sp³-hybridized carbons (Fsp3) is 0.423. The topological polar surface area (TPSA) is 48.0 Å². The van der Waals surface area contributed by atoms with Gasteiger partial charge in [-0.1, -0.05) is 72.8 Å². The maximum atomic E-state index is 13.1. The number of rotatable bonds is 5. The molecule has 3 aliphatic rings. The molecule has 5 heteroatoms. The number of hydroxylamine groups is 2. The van der Waals surface area contributed by atoms with Crippen molar-refractivity contribution < 1.29 is 19.1 Å². The van der Waals surface area contributed by atoms with Crippen LogP contribution in [0.4, 0.5) is 4.79 Å². The van der Waals surface area contributed by atoms with Crippen molar-refractivity contribution in [2.24, 2.45) is 5.41 Å². The van der Waals surface area contributed by atoms with Gasteiger partial charge >= 0.3 is 6.09 Å². The third kappa shape index (κ3) is 4.39. The third-order valence-corrected chi connectivity index (χ3v) is 6.71. The lowest BCUT2D eigenvalue weighted by atomic mass is 9.69. The summed E-state index contributed by atoms with van der Waals surface area (Å²) in [5.74, 6) is 0. The molecule has 3 atom stereocenters. The minimum absolute atomic E-state index is 0.0127. The predicted octanol–water partition coefficient (Wildman–Crippen LogP) is 4.72. The van der Waals surface area contributed by atoms with Gasteiger partial charge < -0.3 is 9.47 Å². The van der Waals surface area contributed by atoms with Gasteiger partial charge in [-0.3, -0.25) is 4.84 Å². The first-order valence-corrected chi connectivity index (χ1v) is 11.2. The molecule has 2 aromatic carbocycles. The lowest BCUT2D eigenvalue weighted by molar-refractivity contribution is -0.146. The van der Waals surface area contributed by atoms with Crippen LogP contribution in [0, 0.1) is 5.41 Å². The Kier molecular flexibility index (Phi) is 5.79. The Balaban J connectivity index is 1.44. The van der Waals surface area contributed by atoms with E-state index in [1.54, 1.807) is 0 Å². The van der Waals surface area contributed by atoms with E-state index in [1.807, 2.05) is 24.3 Å². The summed E-state index contributed by atoms with van der Waals surface area (Å²) in [4.78, 5) is 18.8. The molecule has 0 N–H and O–H groups in total. The van der Waals surface area contributed by atoms with Crippen molar-refractivity contribution in [2.45, 2.75) is 50.4 Å². The normalized spacial score (nSPS) is 26.6. The fourth-order valence-corrected chi connectivity index (χ4v) is 5.16. The van der Waals surface area contributed by atoms with Crippen molar-refractivity contribution in [1.29, 1.82) is 0 Å². The van der Waals surface area contributed by atoms with E-state index in [-0.39, 0.29) is 23.7 Å². The lowest BCUT2D eigenvalue weighted by Gasteiger charge is -2.40. The molecule has 2 fully saturated rings. The molecule has 2 bridgehead atoms. The molecule has 162 valence electrons. The summed E-state index contributed by atoms with van der Waals surface area (Å²) in [7, 11) is 0. The van der Waals surface area contributed by atoms with E-state index < -0.39 is 6.09 Å². The van der Waals surface area contributed by atoms with E-state index in [2.05, 4.69) is 48.5 Å². The maximum Gasteiger partial charge on any atom is 0.434 e. The molecule has 5 nitrogen and oxygen atoms in total. The van der Waals surface area contributed by atoms with Crippen molar-refractivity contribution in [3.8, 4) is 0 Å². The Morgan fingerprint density at radius 2 is 1.68 bits per heavy atom. The standard InChI is InChI=1S/C26H29NO4/c28-25(27-22-12-13-23(16-22)31-27)30-24-19-29-15-7-14-26(24,17-20-8-3-1-4-9-20)18-21-10-5-2-6-11-21/h1-6,8-13,22-24H,7,14-19H2. The second-order valence-electron chi connectivity index (χ2n) is 8.90. The monoisotopic (exact) mass is 419 g/mol. The molecule has 1 amide bonds. The predicted molar refractivity (Wildman–Crippen MR) is 117 cm³/mol. The van der Waals surface area contributed by atoms with E-state index in [9.17, 15) is 4.79 Å². The first kappa shape index (κ1) is 20.3. The van der Waals surface area contributed by atoms with Crippen molar-refractivity contribution in [1.82, 2.24) is 5.06 Å². The zero-order valence-corrected chi connectivity index (χ0v) is 17.7. The average molecular weight is 420 g/mol. The molecule has 0 spiro atoms. The van der Waals surface area contributed by atoms with E-state index in [0.717, 1.165) is 32.1 Å². The highest BCUT2D eigenvalue weighted by Crippen LogP contribution is 2.41. The summed E-state index contributed by atoms with van der Waals surface area (Å²) in [6.07, 6.45) is 7.62. The summed E-state index contributed by atoms with van der Waals surface area (Å²) >= 11 is 0. The summed E-state index contributed by atoms with van der Waals surface area (Å²) in [5.41, 5.74) is 2.25. The van der Waals surface area contributed by atoms with Gasteiger partial charge in [0.1, 0.15) is 12.2 Å². The van der Waals surface area contributed by atoms with Crippen LogP contribution in [0.2, 0.25) is 0 Å². The minimum atomic E-state index is -0.405. The highest BCUT2D eigenvalue weighted by atomic mass is 16.7. The van der Waals surface area contributed by atoms with Gasteiger partial charge in [0.25, 0.3) is 0 Å². The number of fused-ring (bicyclic) bond motifs is 2. The van der Waals surface area contributed by atoms with Crippen LogP contribution in [-0.2, 0) is 27.2 Å². The molecule has 5 rings (SSSR count). The molecular weight excluding hydrogens is 390 g/mol. The molecule has 0 saturated carbocycles. The fourth-order valence-electron chi connectivity index (χ4n) is 5.16. The lowest BCUT2D eigenvalue weighted by Crippen LogP contribution is -2.47. The highest BCUT2D eigenvalue weighted by molar-refractivity contribution is 5.68. The van der Waals surface area contributed by atoms with Crippen molar-refractivity contribution in [2.75, 3.05) is 13.2 Å². The second-order valence-corrected chi connectivity index (χ2v) is 8.90. The van der Waals surface area contributed by atoms with Crippen LogP contribution in [0.1, 0.15) is 30.4 Å². The second kappa shape index (κ2) is 8.85. The maximum absolute atomic E-state index is 13.1. The summed E-state index contributed by atoms with van der Waals surface area (Å²) in [5, 5.41) is 1.41. The van der Waals surface area contributed by atoms with Gasteiger partial charge in [-0.2, -0.15) is 5.06 Å². The van der Waals surface area contributed by atoms with Crippen LogP contribution < -0.4 is 0 Å². The molecule has 31 heavy (non-hydrogen) atoms. The molecular formula is C26H29NO4. The minimum Gasteiger partial charge on any atom is -0.441 e. The number of carbonyl (C=O) groups excluding carboxylic acids is 1. The zero-order valence-electron chi connectivity index (χ0n) is 17.7. The van der Waals surface area contributed by atoms with Crippen LogP contribution in [0.3, 0.4) is 0 Å². The molecule has 0 aromatic heterocycles. The Morgan fingerprint density at radius 1 is 1.00 bits per heavy atom. The SMILES string of the molecule is O=C(OC1COCCCC1(Cc1ccccc1)Cc1ccccc1)N1OC2C=CC1C2. The number of amides is 1. The van der Waals surface area contributed by atoms with E-state index in [0.29, 0.717) is 13.2 Å². The van der Waals surface area contributed by atoms with Crippen LogP contribution >= 0.6 is 0 Å². The van der Waals surface area contributed by atoms with Crippen molar-refractivity contribution >= 4 is 6.09 Å². The Morgan fingerprint density at radius 3 is 2.26 bits per heavy atom. The summed E-state index contributed by atoms with van der Waals surface area (Å²) in [6.45, 7) is 1.09. The number of ether oxygens (including phenoxy) is 2. The molecule has 1 aliphatic carbocycles. The van der Waals surface area contributed by atoms with Gasteiger partial charge in [0, 0.05) is 18.4 Å². The molecule has 3 unspecified atom stereocenters. The van der Waals surface area contributed by atoms with Gasteiger partial charge in [-0.15, -0.1) is 0 Å². The Bertz CT molecular complexity index is 872. The average Bonchev–Trinajstić information content (AvgIpc) is 3.38. The van der Waals surface area contributed by atoms with Crippen LogP contribution in [0.5, 0.6) is 0 Å². The first-order valence-electron chi connectivity index (χ1n) is 11.2. The van der Waals surface area contributed by atoms with Gasteiger partial charge in [-0.05, 0) is 36.8 Å². The van der Waals surface area contributed by atoms with Crippen molar-refractivity contribution in [3.05, 3.63) is 83.9 Å². The summed E-state index contributed by atoms with van der Waals surface area (Å²) in [6, 6.07) is 21.0. The van der Waals surface area contributed by atoms with Crippen molar-refractivity contribution in [3.63, 3.8) is 0 Å². The van der Waals surface area contributed by atoms with Crippen LogP contribution in [0.25, 0.3) is 0 Å². The van der Waals surface area contributed by atoms with Crippen LogP contribution in [0.15, 0.2) is 72.8 Å². The van der Waals surface area contributed by atoms with Crippen LogP contribution in [-0.4, -0.2) is 42.6 Å². The zero-order chi connectivity index (χ0) is 21.1. The van der Waals surface area contributed by atoms with Gasteiger partial charge in [-0.25, -0.2) is 4.79 Å². The van der Waals surface area contributed by atoms with Gasteiger partial charge in [0.2, 0.25) is 0 Å². The van der Waals surface area contributed by atoms with Gasteiger partial charge in [0.05, 0.1) is 12.6 Å². The van der Waals surface area contributed by atoms with E-state index in [1.165, 1.54) is 16.2 Å². The first-order chi connectivity index (χ1) is 15.2. The molecule has 2 heterocycles. The number of carbonyl (C=O) groups is 1. The van der Waals surface area contributed by atoms with Gasteiger partial charge in [0.15, 0.2) is 0 Å². The molecule has 0 radical (unpaired) electrons.